The minimum absolute atomic E-state index is 0.0672. The van der Waals surface area contributed by atoms with Gasteiger partial charge in [-0.2, -0.15) is 0 Å². The predicted molar refractivity (Wildman–Crippen MR) is 110 cm³/mol. The lowest BCUT2D eigenvalue weighted by Crippen LogP contribution is -2.52. The molecular formula is C23H27N3O2. The number of carbonyl (C=O) groups is 2. The number of para-hydroxylation sites is 1. The molecule has 2 aromatic rings. The summed E-state index contributed by atoms with van der Waals surface area (Å²) in [5, 5.41) is 0. The molecule has 1 atom stereocenters. The third-order valence-electron chi connectivity index (χ3n) is 5.83. The monoisotopic (exact) mass is 377 g/mol. The van der Waals surface area contributed by atoms with E-state index in [1.807, 2.05) is 37.3 Å². The summed E-state index contributed by atoms with van der Waals surface area (Å²) in [7, 11) is 0. The highest BCUT2D eigenvalue weighted by Crippen LogP contribution is 2.29. The first-order chi connectivity index (χ1) is 13.7. The van der Waals surface area contributed by atoms with E-state index >= 15 is 0 Å². The molecule has 28 heavy (non-hydrogen) atoms. The Hall–Kier alpha value is -2.50. The minimum Gasteiger partial charge on any atom is -0.297 e. The lowest BCUT2D eigenvalue weighted by molar-refractivity contribution is -0.123. The maximum Gasteiger partial charge on any atom is 0.251 e. The Labute approximate surface area is 166 Å². The number of anilines is 1. The number of rotatable bonds is 5. The molecule has 0 unspecified atom stereocenters. The molecule has 5 heteroatoms. The number of carbonyl (C=O) groups excluding carboxylic acids is 2. The summed E-state index contributed by atoms with van der Waals surface area (Å²) < 4.78 is 0. The van der Waals surface area contributed by atoms with Gasteiger partial charge in [-0.15, -0.1) is 0 Å². The molecule has 4 rings (SSSR count). The van der Waals surface area contributed by atoms with Crippen LogP contribution in [0.4, 0.5) is 5.69 Å². The SMILES string of the molecule is CCc1ccccc1N1C(=O)C[C@H](N2CCN(Cc3ccccc3)CC2)C1=O. The fourth-order valence-electron chi connectivity index (χ4n) is 4.26. The van der Waals surface area contributed by atoms with Crippen molar-refractivity contribution in [2.45, 2.75) is 32.4 Å². The number of aryl methyl sites for hydroxylation is 1. The van der Waals surface area contributed by atoms with Gasteiger partial charge in [-0.05, 0) is 23.6 Å². The molecule has 0 saturated carbocycles. The topological polar surface area (TPSA) is 43.9 Å². The third-order valence-corrected chi connectivity index (χ3v) is 5.83. The number of hydrogen-bond donors (Lipinski definition) is 0. The van der Waals surface area contributed by atoms with Crippen LogP contribution in [0.15, 0.2) is 54.6 Å². The van der Waals surface area contributed by atoms with Gasteiger partial charge in [-0.25, -0.2) is 4.90 Å². The molecule has 2 amide bonds. The minimum atomic E-state index is -0.323. The van der Waals surface area contributed by atoms with E-state index in [9.17, 15) is 9.59 Å². The zero-order chi connectivity index (χ0) is 19.5. The molecule has 2 fully saturated rings. The van der Waals surface area contributed by atoms with E-state index < -0.39 is 0 Å². The lowest BCUT2D eigenvalue weighted by Gasteiger charge is -2.37. The molecule has 2 saturated heterocycles. The van der Waals surface area contributed by atoms with Gasteiger partial charge >= 0.3 is 0 Å². The fourth-order valence-corrected chi connectivity index (χ4v) is 4.26. The normalized spacial score (nSPS) is 21.5. The second-order valence-corrected chi connectivity index (χ2v) is 7.57. The van der Waals surface area contributed by atoms with Gasteiger partial charge in [0.2, 0.25) is 5.91 Å². The summed E-state index contributed by atoms with van der Waals surface area (Å²) in [4.78, 5) is 31.8. The maximum atomic E-state index is 13.1. The number of benzene rings is 2. The second kappa shape index (κ2) is 8.25. The van der Waals surface area contributed by atoms with Crippen LogP contribution in [0.5, 0.6) is 0 Å². The molecule has 2 aliphatic rings. The van der Waals surface area contributed by atoms with E-state index in [0.29, 0.717) is 0 Å². The number of nitrogens with zero attached hydrogens (tertiary/aromatic N) is 3. The molecule has 0 spiro atoms. The molecule has 2 heterocycles. The van der Waals surface area contributed by atoms with E-state index in [1.165, 1.54) is 10.5 Å². The maximum absolute atomic E-state index is 13.1. The highest BCUT2D eigenvalue weighted by molar-refractivity contribution is 6.22. The first kappa shape index (κ1) is 18.8. The van der Waals surface area contributed by atoms with Crippen molar-refractivity contribution in [2.24, 2.45) is 0 Å². The zero-order valence-corrected chi connectivity index (χ0v) is 16.4. The van der Waals surface area contributed by atoms with Gasteiger partial charge in [0.05, 0.1) is 18.2 Å². The Kier molecular flexibility index (Phi) is 5.55. The van der Waals surface area contributed by atoms with Crippen LogP contribution in [0.25, 0.3) is 0 Å². The summed E-state index contributed by atoms with van der Waals surface area (Å²) in [5.41, 5.74) is 3.10. The van der Waals surface area contributed by atoms with Gasteiger partial charge in [0.15, 0.2) is 0 Å². The molecule has 0 N–H and O–H groups in total. The number of piperazine rings is 1. The summed E-state index contributed by atoms with van der Waals surface area (Å²) in [6.07, 6.45) is 1.09. The molecule has 2 aromatic carbocycles. The van der Waals surface area contributed by atoms with Crippen LogP contribution in [0.2, 0.25) is 0 Å². The molecule has 0 aromatic heterocycles. The van der Waals surface area contributed by atoms with E-state index in [-0.39, 0.29) is 24.3 Å². The van der Waals surface area contributed by atoms with Crippen LogP contribution in [0, 0.1) is 0 Å². The van der Waals surface area contributed by atoms with Crippen LogP contribution < -0.4 is 4.90 Å². The highest BCUT2D eigenvalue weighted by atomic mass is 16.2. The number of amides is 2. The van der Waals surface area contributed by atoms with Gasteiger partial charge in [0, 0.05) is 32.7 Å². The highest BCUT2D eigenvalue weighted by Gasteiger charge is 2.43. The quantitative estimate of drug-likeness (QED) is 0.752. The first-order valence-corrected chi connectivity index (χ1v) is 10.1. The Bertz CT molecular complexity index is 844. The smallest absolute Gasteiger partial charge is 0.251 e. The average Bonchev–Trinajstić information content (AvgIpc) is 3.03. The van der Waals surface area contributed by atoms with Gasteiger partial charge in [-0.1, -0.05) is 55.5 Å². The lowest BCUT2D eigenvalue weighted by atomic mass is 10.1. The summed E-state index contributed by atoms with van der Waals surface area (Å²) in [6.45, 7) is 6.45. The van der Waals surface area contributed by atoms with E-state index in [1.54, 1.807) is 0 Å². The van der Waals surface area contributed by atoms with Crippen LogP contribution in [0.3, 0.4) is 0 Å². The van der Waals surface area contributed by atoms with E-state index in [2.05, 4.69) is 34.1 Å². The van der Waals surface area contributed by atoms with Crippen LogP contribution >= 0.6 is 0 Å². The van der Waals surface area contributed by atoms with Crippen molar-refractivity contribution in [2.75, 3.05) is 31.1 Å². The van der Waals surface area contributed by atoms with Crippen molar-refractivity contribution in [1.29, 1.82) is 0 Å². The van der Waals surface area contributed by atoms with Crippen molar-refractivity contribution in [3.05, 3.63) is 65.7 Å². The van der Waals surface area contributed by atoms with E-state index in [4.69, 9.17) is 0 Å². The molecule has 5 nitrogen and oxygen atoms in total. The van der Waals surface area contributed by atoms with Crippen molar-refractivity contribution in [3.8, 4) is 0 Å². The standard InChI is InChI=1S/C23H27N3O2/c1-2-19-10-6-7-11-20(19)26-22(27)16-21(23(26)28)25-14-12-24(13-15-25)17-18-8-4-3-5-9-18/h3-11,21H,2,12-17H2,1H3/t21-/m0/s1. The van der Waals surface area contributed by atoms with Gasteiger partial charge in [0.1, 0.15) is 0 Å². The molecule has 0 radical (unpaired) electrons. The Morgan fingerprint density at radius 3 is 2.29 bits per heavy atom. The van der Waals surface area contributed by atoms with Gasteiger partial charge in [-0.3, -0.25) is 19.4 Å². The Morgan fingerprint density at radius 1 is 0.893 bits per heavy atom. The largest absolute Gasteiger partial charge is 0.297 e. The van der Waals surface area contributed by atoms with Gasteiger partial charge in [0.25, 0.3) is 5.91 Å². The summed E-state index contributed by atoms with van der Waals surface area (Å²) in [6, 6.07) is 17.9. The fraction of sp³-hybridized carbons (Fsp3) is 0.391. The van der Waals surface area contributed by atoms with Crippen molar-refractivity contribution < 1.29 is 9.59 Å². The van der Waals surface area contributed by atoms with Crippen LogP contribution in [0.1, 0.15) is 24.5 Å². The predicted octanol–water partition coefficient (Wildman–Crippen LogP) is 2.70. The van der Waals surface area contributed by atoms with Gasteiger partial charge < -0.3 is 0 Å². The molecule has 2 aliphatic heterocycles. The average molecular weight is 377 g/mol. The zero-order valence-electron chi connectivity index (χ0n) is 16.4. The summed E-state index contributed by atoms with van der Waals surface area (Å²) in [5.74, 6) is -0.148. The number of hydrogen-bond acceptors (Lipinski definition) is 4. The molecule has 0 bridgehead atoms. The van der Waals surface area contributed by atoms with Crippen LogP contribution in [-0.2, 0) is 22.6 Å². The molecule has 146 valence electrons. The number of imide groups is 1. The first-order valence-electron chi connectivity index (χ1n) is 10.1. The molecule has 0 aliphatic carbocycles. The van der Waals surface area contributed by atoms with Crippen molar-refractivity contribution in [3.63, 3.8) is 0 Å². The van der Waals surface area contributed by atoms with Crippen molar-refractivity contribution >= 4 is 17.5 Å². The summed E-state index contributed by atoms with van der Waals surface area (Å²) >= 11 is 0. The Balaban J connectivity index is 1.41. The van der Waals surface area contributed by atoms with E-state index in [0.717, 1.165) is 50.4 Å². The van der Waals surface area contributed by atoms with Crippen molar-refractivity contribution in [1.82, 2.24) is 9.80 Å². The van der Waals surface area contributed by atoms with Crippen LogP contribution in [-0.4, -0.2) is 53.8 Å². The second-order valence-electron chi connectivity index (χ2n) is 7.57. The third kappa shape index (κ3) is 3.73. The molecular weight excluding hydrogens is 350 g/mol. The Morgan fingerprint density at radius 2 is 1.57 bits per heavy atom.